The first-order valence-electron chi connectivity index (χ1n) is 9.67. The Balaban J connectivity index is 1.86. The van der Waals surface area contributed by atoms with Crippen molar-refractivity contribution in [3.05, 3.63) is 69.5 Å². The fourth-order valence-corrected chi connectivity index (χ4v) is 4.04. The van der Waals surface area contributed by atoms with Crippen LogP contribution in [0.3, 0.4) is 0 Å². The van der Waals surface area contributed by atoms with Gasteiger partial charge >= 0.3 is 0 Å². The van der Waals surface area contributed by atoms with Gasteiger partial charge < -0.3 is 9.64 Å². The first-order chi connectivity index (χ1) is 14.4. The molecule has 1 aromatic heterocycles. The SMILES string of the molecule is CC(C)CN1C(=O)[C@@H](Cc2nn[nH]n2)O[C@H](c2ccccc2Cl)c2cc(Cl)ccc21. The van der Waals surface area contributed by atoms with Gasteiger partial charge in [0.15, 0.2) is 5.82 Å². The molecule has 2 aromatic carbocycles. The predicted octanol–water partition coefficient (Wildman–Crippen LogP) is 4.23. The molecule has 9 heteroatoms. The largest absolute Gasteiger partial charge is 0.355 e. The quantitative estimate of drug-likeness (QED) is 0.634. The minimum atomic E-state index is -0.811. The summed E-state index contributed by atoms with van der Waals surface area (Å²) in [4.78, 5) is 15.3. The number of fused-ring (bicyclic) bond motifs is 1. The number of ether oxygens (including phenoxy) is 1. The van der Waals surface area contributed by atoms with Crippen LogP contribution in [0, 0.1) is 5.92 Å². The number of halogens is 2. The van der Waals surface area contributed by atoms with Crippen molar-refractivity contribution in [1.82, 2.24) is 20.6 Å². The molecule has 30 heavy (non-hydrogen) atoms. The fraction of sp³-hybridized carbons (Fsp3) is 0.333. The van der Waals surface area contributed by atoms with Gasteiger partial charge in [0.25, 0.3) is 5.91 Å². The number of hydrogen-bond acceptors (Lipinski definition) is 5. The summed E-state index contributed by atoms with van der Waals surface area (Å²) in [6, 6.07) is 12.9. The minimum absolute atomic E-state index is 0.161. The van der Waals surface area contributed by atoms with Crippen LogP contribution in [-0.4, -0.2) is 39.2 Å². The standard InChI is InChI=1S/C21H21Cl2N5O2/c1-12(2)11-28-17-8-7-13(22)9-15(17)20(14-5-3-4-6-16(14)23)30-18(21(28)29)10-19-24-26-27-25-19/h3-9,12,18,20H,10-11H2,1-2H3,(H,24,25,26,27)/t18-,20-/m1/s1. The van der Waals surface area contributed by atoms with Crippen molar-refractivity contribution < 1.29 is 9.53 Å². The predicted molar refractivity (Wildman–Crippen MR) is 115 cm³/mol. The van der Waals surface area contributed by atoms with Crippen molar-refractivity contribution in [1.29, 1.82) is 0 Å². The van der Waals surface area contributed by atoms with Crippen LogP contribution in [-0.2, 0) is 16.0 Å². The van der Waals surface area contributed by atoms with Crippen LogP contribution in [0.25, 0.3) is 0 Å². The Morgan fingerprint density at radius 2 is 1.97 bits per heavy atom. The van der Waals surface area contributed by atoms with Gasteiger partial charge in [-0.05, 0) is 30.2 Å². The van der Waals surface area contributed by atoms with E-state index in [0.29, 0.717) is 22.4 Å². The number of rotatable bonds is 5. The van der Waals surface area contributed by atoms with E-state index in [2.05, 4.69) is 34.5 Å². The smallest absolute Gasteiger partial charge is 0.256 e. The van der Waals surface area contributed by atoms with Crippen LogP contribution in [0.5, 0.6) is 0 Å². The lowest BCUT2D eigenvalue weighted by Gasteiger charge is -2.26. The van der Waals surface area contributed by atoms with E-state index in [9.17, 15) is 4.79 Å². The Kier molecular flexibility index (Phi) is 6.04. The number of amides is 1. The summed E-state index contributed by atoms with van der Waals surface area (Å²) in [5.41, 5.74) is 2.32. The Morgan fingerprint density at radius 3 is 2.67 bits per heavy atom. The molecule has 2 atom stereocenters. The number of carbonyl (C=O) groups excluding carboxylic acids is 1. The third kappa shape index (κ3) is 4.19. The van der Waals surface area contributed by atoms with E-state index in [1.54, 1.807) is 17.0 Å². The van der Waals surface area contributed by atoms with Gasteiger partial charge in [-0.2, -0.15) is 5.21 Å². The number of anilines is 1. The number of H-pyrrole nitrogens is 1. The van der Waals surface area contributed by atoms with Crippen LogP contribution in [0.15, 0.2) is 42.5 Å². The maximum absolute atomic E-state index is 13.6. The molecule has 2 heterocycles. The van der Waals surface area contributed by atoms with Crippen LogP contribution in [0.4, 0.5) is 5.69 Å². The van der Waals surface area contributed by atoms with E-state index in [1.165, 1.54) is 0 Å². The Morgan fingerprint density at radius 1 is 1.17 bits per heavy atom. The highest BCUT2D eigenvalue weighted by atomic mass is 35.5. The van der Waals surface area contributed by atoms with Crippen LogP contribution in [0.2, 0.25) is 10.0 Å². The number of nitrogens with one attached hydrogen (secondary N) is 1. The second kappa shape index (κ2) is 8.71. The van der Waals surface area contributed by atoms with E-state index in [1.807, 2.05) is 30.3 Å². The molecule has 0 spiro atoms. The zero-order chi connectivity index (χ0) is 21.3. The molecule has 1 aliphatic rings. The van der Waals surface area contributed by atoms with Gasteiger partial charge in [0.1, 0.15) is 12.2 Å². The van der Waals surface area contributed by atoms with Crippen LogP contribution < -0.4 is 4.90 Å². The first-order valence-corrected chi connectivity index (χ1v) is 10.4. The van der Waals surface area contributed by atoms with Gasteiger partial charge in [-0.15, -0.1) is 10.2 Å². The van der Waals surface area contributed by atoms with E-state index in [0.717, 1.165) is 16.8 Å². The molecule has 156 valence electrons. The maximum atomic E-state index is 13.6. The maximum Gasteiger partial charge on any atom is 0.256 e. The number of benzene rings is 2. The Bertz CT molecular complexity index is 1040. The summed E-state index contributed by atoms with van der Waals surface area (Å²) < 4.78 is 6.40. The molecule has 0 saturated heterocycles. The Labute approximate surface area is 184 Å². The van der Waals surface area contributed by atoms with Crippen LogP contribution >= 0.6 is 23.2 Å². The molecule has 0 unspecified atom stereocenters. The highest BCUT2D eigenvalue weighted by Gasteiger charge is 2.38. The molecule has 0 radical (unpaired) electrons. The van der Waals surface area contributed by atoms with Crippen molar-refractivity contribution in [3.8, 4) is 0 Å². The average Bonchev–Trinajstić information content (AvgIpc) is 3.19. The first kappa shape index (κ1) is 20.8. The molecule has 1 aliphatic heterocycles. The number of aromatic amines is 1. The number of tetrazole rings is 1. The summed E-state index contributed by atoms with van der Waals surface area (Å²) in [6.07, 6.45) is -1.20. The summed E-state index contributed by atoms with van der Waals surface area (Å²) in [7, 11) is 0. The van der Waals surface area contributed by atoms with Gasteiger partial charge in [0.05, 0.1) is 0 Å². The fourth-order valence-electron chi connectivity index (χ4n) is 3.62. The average molecular weight is 446 g/mol. The van der Waals surface area contributed by atoms with Gasteiger partial charge in [-0.1, -0.05) is 60.5 Å². The van der Waals surface area contributed by atoms with Crippen molar-refractivity contribution in [2.75, 3.05) is 11.4 Å². The van der Waals surface area contributed by atoms with Crippen LogP contribution in [0.1, 0.15) is 36.9 Å². The third-order valence-electron chi connectivity index (χ3n) is 4.90. The monoisotopic (exact) mass is 445 g/mol. The highest BCUT2D eigenvalue weighted by Crippen LogP contribution is 2.41. The Hall–Kier alpha value is -2.48. The third-order valence-corrected chi connectivity index (χ3v) is 5.48. The summed E-state index contributed by atoms with van der Waals surface area (Å²) in [5, 5.41) is 15.1. The van der Waals surface area contributed by atoms with Crippen molar-refractivity contribution in [2.24, 2.45) is 5.92 Å². The topological polar surface area (TPSA) is 84.0 Å². The van der Waals surface area contributed by atoms with E-state index in [-0.39, 0.29) is 18.2 Å². The van der Waals surface area contributed by atoms with E-state index >= 15 is 0 Å². The molecule has 0 fully saturated rings. The van der Waals surface area contributed by atoms with E-state index < -0.39 is 12.2 Å². The highest BCUT2D eigenvalue weighted by molar-refractivity contribution is 6.31. The molecule has 1 amide bonds. The number of hydrogen-bond donors (Lipinski definition) is 1. The van der Waals surface area contributed by atoms with Crippen molar-refractivity contribution in [2.45, 2.75) is 32.5 Å². The lowest BCUT2D eigenvalue weighted by Crippen LogP contribution is -2.42. The van der Waals surface area contributed by atoms with Crippen molar-refractivity contribution in [3.63, 3.8) is 0 Å². The molecular weight excluding hydrogens is 425 g/mol. The summed E-state index contributed by atoms with van der Waals surface area (Å²) >= 11 is 12.9. The van der Waals surface area contributed by atoms with Gasteiger partial charge in [0.2, 0.25) is 0 Å². The molecule has 0 saturated carbocycles. The summed E-state index contributed by atoms with van der Waals surface area (Å²) in [6.45, 7) is 4.66. The second-order valence-corrected chi connectivity index (χ2v) is 8.45. The normalized spacial score (nSPS) is 19.1. The summed E-state index contributed by atoms with van der Waals surface area (Å²) in [5.74, 6) is 0.492. The van der Waals surface area contributed by atoms with Crippen molar-refractivity contribution >= 4 is 34.8 Å². The number of nitrogens with zero attached hydrogens (tertiary/aromatic N) is 4. The lowest BCUT2D eigenvalue weighted by molar-refractivity contribution is -0.132. The number of carbonyl (C=O) groups is 1. The minimum Gasteiger partial charge on any atom is -0.355 e. The lowest BCUT2D eigenvalue weighted by atomic mass is 9.99. The molecule has 7 nitrogen and oxygen atoms in total. The zero-order valence-corrected chi connectivity index (χ0v) is 18.1. The molecule has 3 aromatic rings. The molecule has 0 bridgehead atoms. The molecule has 4 rings (SSSR count). The molecule has 1 N–H and O–H groups in total. The zero-order valence-electron chi connectivity index (χ0n) is 16.5. The molecule has 0 aliphatic carbocycles. The van der Waals surface area contributed by atoms with Gasteiger partial charge in [0, 0.05) is 39.8 Å². The number of aromatic nitrogens is 4. The van der Waals surface area contributed by atoms with Gasteiger partial charge in [-0.3, -0.25) is 4.79 Å². The van der Waals surface area contributed by atoms with E-state index in [4.69, 9.17) is 27.9 Å². The molecular formula is C21H21Cl2N5O2. The van der Waals surface area contributed by atoms with Gasteiger partial charge in [-0.25, -0.2) is 0 Å². The second-order valence-electron chi connectivity index (χ2n) is 7.60.